The summed E-state index contributed by atoms with van der Waals surface area (Å²) >= 11 is 6.12. The van der Waals surface area contributed by atoms with Crippen molar-refractivity contribution in [2.24, 2.45) is 0 Å². The van der Waals surface area contributed by atoms with Crippen LogP contribution >= 0.6 is 11.6 Å². The molecule has 3 aromatic rings. The number of aromatic nitrogens is 2. The van der Waals surface area contributed by atoms with E-state index in [-0.39, 0.29) is 0 Å². The van der Waals surface area contributed by atoms with Gasteiger partial charge in [0.1, 0.15) is 5.82 Å². The Hall–Kier alpha value is -2.59. The molecule has 2 aromatic carbocycles. The third-order valence-electron chi connectivity index (χ3n) is 4.21. The second-order valence-corrected chi connectivity index (χ2v) is 6.71. The lowest BCUT2D eigenvalue weighted by Crippen LogP contribution is -2.23. The van der Waals surface area contributed by atoms with Gasteiger partial charge < -0.3 is 10.2 Å². The van der Waals surface area contributed by atoms with Crippen molar-refractivity contribution in [1.29, 1.82) is 0 Å². The van der Waals surface area contributed by atoms with Crippen molar-refractivity contribution in [2.75, 3.05) is 16.8 Å². The third kappa shape index (κ3) is 4.52. The highest BCUT2D eigenvalue weighted by atomic mass is 35.5. The second-order valence-electron chi connectivity index (χ2n) is 6.28. The lowest BCUT2D eigenvalue weighted by atomic mass is 10.2. The first-order valence-electron chi connectivity index (χ1n) is 8.73. The van der Waals surface area contributed by atoms with Gasteiger partial charge in [-0.3, -0.25) is 0 Å². The van der Waals surface area contributed by atoms with Crippen LogP contribution in [0.25, 0.3) is 0 Å². The zero-order chi connectivity index (χ0) is 18.5. The first kappa shape index (κ1) is 18.2. The molecule has 5 heteroatoms. The third-order valence-corrected chi connectivity index (χ3v) is 4.44. The van der Waals surface area contributed by atoms with Crippen LogP contribution in [0.3, 0.4) is 0 Å². The molecule has 0 spiro atoms. The van der Waals surface area contributed by atoms with Crippen molar-refractivity contribution in [2.45, 2.75) is 27.3 Å². The van der Waals surface area contributed by atoms with Crippen molar-refractivity contribution >= 4 is 29.1 Å². The maximum absolute atomic E-state index is 6.12. The fraction of sp³-hybridized carbons (Fsp3) is 0.238. The fourth-order valence-corrected chi connectivity index (χ4v) is 2.95. The normalized spacial score (nSPS) is 10.6. The summed E-state index contributed by atoms with van der Waals surface area (Å²) in [6.45, 7) is 7.82. The van der Waals surface area contributed by atoms with Crippen LogP contribution in [0.5, 0.6) is 0 Å². The summed E-state index contributed by atoms with van der Waals surface area (Å²) in [5, 5.41) is 3.99. The summed E-state index contributed by atoms with van der Waals surface area (Å²) in [6, 6.07) is 18.2. The molecule has 0 bridgehead atoms. The van der Waals surface area contributed by atoms with E-state index in [9.17, 15) is 0 Å². The minimum absolute atomic E-state index is 0.580. The number of aryl methyl sites for hydroxylation is 2. The van der Waals surface area contributed by atoms with Gasteiger partial charge in [-0.25, -0.2) is 4.98 Å². The molecule has 1 aromatic heterocycles. The van der Waals surface area contributed by atoms with Gasteiger partial charge in [0.05, 0.1) is 0 Å². The summed E-state index contributed by atoms with van der Waals surface area (Å²) in [5.74, 6) is 1.49. The van der Waals surface area contributed by atoms with E-state index in [1.165, 1.54) is 5.56 Å². The first-order chi connectivity index (χ1) is 12.5. The predicted octanol–water partition coefficient (Wildman–Crippen LogP) is 5.52. The van der Waals surface area contributed by atoms with Gasteiger partial charge >= 0.3 is 0 Å². The number of hydrogen-bond acceptors (Lipinski definition) is 4. The standard InChI is InChI=1S/C21H23ClN4/c1-4-26(14-17-8-6-5-7-9-17)20-12-16(3)23-21(25-20)24-19-13-18(22)11-10-15(19)2/h5-13H,4,14H2,1-3H3,(H,23,24,25). The number of nitrogens with zero attached hydrogens (tertiary/aromatic N) is 3. The van der Waals surface area contributed by atoms with Crippen molar-refractivity contribution in [3.63, 3.8) is 0 Å². The largest absolute Gasteiger partial charge is 0.352 e. The molecular formula is C21H23ClN4. The topological polar surface area (TPSA) is 41.1 Å². The van der Waals surface area contributed by atoms with E-state index < -0.39 is 0 Å². The molecule has 3 rings (SSSR count). The van der Waals surface area contributed by atoms with Crippen LogP contribution in [0, 0.1) is 13.8 Å². The van der Waals surface area contributed by atoms with E-state index >= 15 is 0 Å². The molecule has 0 radical (unpaired) electrons. The number of halogens is 1. The van der Waals surface area contributed by atoms with E-state index in [0.717, 1.165) is 35.9 Å². The monoisotopic (exact) mass is 366 g/mol. The molecule has 26 heavy (non-hydrogen) atoms. The average Bonchev–Trinajstić information content (AvgIpc) is 2.63. The van der Waals surface area contributed by atoms with Gasteiger partial charge in [0.2, 0.25) is 5.95 Å². The Morgan fingerprint density at radius 3 is 2.50 bits per heavy atom. The highest BCUT2D eigenvalue weighted by molar-refractivity contribution is 6.30. The molecule has 134 valence electrons. The summed E-state index contributed by atoms with van der Waals surface area (Å²) in [7, 11) is 0. The smallest absolute Gasteiger partial charge is 0.229 e. The van der Waals surface area contributed by atoms with Crippen molar-refractivity contribution < 1.29 is 0 Å². The summed E-state index contributed by atoms with van der Waals surface area (Å²) in [6.07, 6.45) is 0. The molecule has 0 aliphatic rings. The molecule has 0 aliphatic heterocycles. The minimum Gasteiger partial charge on any atom is -0.352 e. The van der Waals surface area contributed by atoms with Gasteiger partial charge in [-0.15, -0.1) is 0 Å². The van der Waals surface area contributed by atoms with Gasteiger partial charge in [-0.05, 0) is 44.0 Å². The molecule has 0 atom stereocenters. The molecule has 0 unspecified atom stereocenters. The quantitative estimate of drug-likeness (QED) is 0.623. The Morgan fingerprint density at radius 1 is 1.00 bits per heavy atom. The molecular weight excluding hydrogens is 344 g/mol. The summed E-state index contributed by atoms with van der Waals surface area (Å²) < 4.78 is 0. The number of benzene rings is 2. The van der Waals surface area contributed by atoms with Crippen LogP contribution in [-0.2, 0) is 6.54 Å². The Morgan fingerprint density at radius 2 is 1.77 bits per heavy atom. The zero-order valence-electron chi connectivity index (χ0n) is 15.3. The van der Waals surface area contributed by atoms with Crippen LogP contribution in [0.1, 0.15) is 23.7 Å². The Labute approximate surface area is 159 Å². The van der Waals surface area contributed by atoms with Crippen LogP contribution in [-0.4, -0.2) is 16.5 Å². The van der Waals surface area contributed by atoms with E-state index in [4.69, 9.17) is 16.6 Å². The summed E-state index contributed by atoms with van der Waals surface area (Å²) in [5.41, 5.74) is 4.19. The van der Waals surface area contributed by atoms with Gasteiger partial charge in [-0.1, -0.05) is 48.0 Å². The second kappa shape index (κ2) is 8.19. The van der Waals surface area contributed by atoms with Crippen molar-refractivity contribution in [3.8, 4) is 0 Å². The van der Waals surface area contributed by atoms with Gasteiger partial charge in [0.25, 0.3) is 0 Å². The first-order valence-corrected chi connectivity index (χ1v) is 9.10. The molecule has 1 N–H and O–H groups in total. The Kier molecular flexibility index (Phi) is 5.74. The molecule has 0 saturated heterocycles. The average molecular weight is 367 g/mol. The number of nitrogens with one attached hydrogen (secondary N) is 1. The van der Waals surface area contributed by atoms with Crippen molar-refractivity contribution in [1.82, 2.24) is 9.97 Å². The predicted molar refractivity (Wildman–Crippen MR) is 109 cm³/mol. The zero-order valence-corrected chi connectivity index (χ0v) is 16.1. The fourth-order valence-electron chi connectivity index (χ4n) is 2.78. The van der Waals surface area contributed by atoms with Crippen molar-refractivity contribution in [3.05, 3.63) is 76.4 Å². The molecule has 0 amide bonds. The highest BCUT2D eigenvalue weighted by Gasteiger charge is 2.11. The molecule has 4 nitrogen and oxygen atoms in total. The van der Waals surface area contributed by atoms with Gasteiger partial charge in [0, 0.05) is 35.6 Å². The summed E-state index contributed by atoms with van der Waals surface area (Å²) in [4.78, 5) is 11.5. The lowest BCUT2D eigenvalue weighted by molar-refractivity contribution is 0.809. The van der Waals surface area contributed by atoms with E-state index in [1.807, 2.05) is 44.2 Å². The number of rotatable bonds is 6. The Balaban J connectivity index is 1.87. The van der Waals surface area contributed by atoms with E-state index in [2.05, 4.69) is 46.4 Å². The molecule has 0 saturated carbocycles. The number of anilines is 3. The van der Waals surface area contributed by atoms with Crippen LogP contribution < -0.4 is 10.2 Å². The molecule has 0 fully saturated rings. The lowest BCUT2D eigenvalue weighted by Gasteiger charge is -2.23. The van der Waals surface area contributed by atoms with Gasteiger partial charge in [0.15, 0.2) is 0 Å². The Bertz CT molecular complexity index is 880. The van der Waals surface area contributed by atoms with Crippen LogP contribution in [0.2, 0.25) is 5.02 Å². The molecule has 0 aliphatic carbocycles. The van der Waals surface area contributed by atoms with Crippen LogP contribution in [0.15, 0.2) is 54.6 Å². The van der Waals surface area contributed by atoms with E-state index in [0.29, 0.717) is 11.0 Å². The van der Waals surface area contributed by atoms with Gasteiger partial charge in [-0.2, -0.15) is 4.98 Å². The maximum Gasteiger partial charge on any atom is 0.229 e. The highest BCUT2D eigenvalue weighted by Crippen LogP contribution is 2.24. The maximum atomic E-state index is 6.12. The minimum atomic E-state index is 0.580. The van der Waals surface area contributed by atoms with Crippen LogP contribution in [0.4, 0.5) is 17.5 Å². The SMILES string of the molecule is CCN(Cc1ccccc1)c1cc(C)nc(Nc2cc(Cl)ccc2C)n1. The van der Waals surface area contributed by atoms with E-state index in [1.54, 1.807) is 0 Å². The number of hydrogen-bond donors (Lipinski definition) is 1. The molecule has 1 heterocycles.